The summed E-state index contributed by atoms with van der Waals surface area (Å²) in [6.45, 7) is 0.0297. The number of amides is 1. The first-order chi connectivity index (χ1) is 7.58. The molecular weight excluding hydrogens is 210 g/mol. The van der Waals surface area contributed by atoms with E-state index in [9.17, 15) is 14.4 Å². The van der Waals surface area contributed by atoms with Crippen LogP contribution in [0.3, 0.4) is 0 Å². The van der Waals surface area contributed by atoms with Crippen LogP contribution in [0.4, 0.5) is 5.69 Å². The zero-order chi connectivity index (χ0) is 11.7. The smallest absolute Gasteiger partial charge is 0.335 e. The summed E-state index contributed by atoms with van der Waals surface area (Å²) in [4.78, 5) is 34.5. The van der Waals surface area contributed by atoms with E-state index in [0.29, 0.717) is 5.69 Å². The van der Waals surface area contributed by atoms with E-state index >= 15 is 0 Å². The molecule has 82 valence electrons. The van der Waals surface area contributed by atoms with Crippen LogP contribution in [0.2, 0.25) is 0 Å². The number of carboxylic acid groups (broad SMARTS) is 1. The van der Waals surface area contributed by atoms with Crippen molar-refractivity contribution < 1.29 is 19.5 Å². The highest BCUT2D eigenvalue weighted by atomic mass is 16.4. The zero-order valence-electron chi connectivity index (χ0n) is 8.34. The number of benzene rings is 1. The molecule has 0 aromatic heterocycles. The highest BCUT2D eigenvalue weighted by Gasteiger charge is 2.28. The van der Waals surface area contributed by atoms with E-state index in [2.05, 4.69) is 0 Å². The minimum absolute atomic E-state index is 0.0297. The molecule has 1 amide bonds. The molecule has 1 saturated heterocycles. The maximum absolute atomic E-state index is 11.4. The maximum atomic E-state index is 11.4. The van der Waals surface area contributed by atoms with Gasteiger partial charge in [0.05, 0.1) is 18.5 Å². The van der Waals surface area contributed by atoms with Crippen LogP contribution in [-0.4, -0.2) is 29.3 Å². The number of carbonyl (C=O) groups is 3. The Kier molecular flexibility index (Phi) is 2.44. The van der Waals surface area contributed by atoms with Crippen molar-refractivity contribution in [1.29, 1.82) is 0 Å². The van der Waals surface area contributed by atoms with E-state index in [4.69, 9.17) is 5.11 Å². The highest BCUT2D eigenvalue weighted by Crippen LogP contribution is 2.20. The Morgan fingerprint density at radius 3 is 2.62 bits per heavy atom. The quantitative estimate of drug-likeness (QED) is 0.742. The van der Waals surface area contributed by atoms with Gasteiger partial charge in [-0.25, -0.2) is 4.79 Å². The summed E-state index contributed by atoms with van der Waals surface area (Å²) in [5.74, 6) is -1.49. The molecule has 0 unspecified atom stereocenters. The lowest BCUT2D eigenvalue weighted by Crippen LogP contribution is -2.24. The number of hydrogen-bond acceptors (Lipinski definition) is 3. The molecule has 0 atom stereocenters. The van der Waals surface area contributed by atoms with E-state index in [1.807, 2.05) is 0 Å². The predicted molar refractivity (Wildman–Crippen MR) is 55.4 cm³/mol. The van der Waals surface area contributed by atoms with E-state index < -0.39 is 5.97 Å². The lowest BCUT2D eigenvalue weighted by molar-refractivity contribution is -0.121. The Balaban J connectivity index is 2.34. The average Bonchev–Trinajstić information content (AvgIpc) is 2.58. The number of carboxylic acids is 1. The van der Waals surface area contributed by atoms with Crippen molar-refractivity contribution in [3.63, 3.8) is 0 Å². The van der Waals surface area contributed by atoms with Crippen molar-refractivity contribution in [2.24, 2.45) is 0 Å². The molecule has 0 spiro atoms. The third kappa shape index (κ3) is 1.79. The van der Waals surface area contributed by atoms with Gasteiger partial charge in [-0.1, -0.05) is 6.07 Å². The van der Waals surface area contributed by atoms with Crippen molar-refractivity contribution in [2.75, 3.05) is 11.4 Å². The van der Waals surface area contributed by atoms with Gasteiger partial charge >= 0.3 is 5.97 Å². The van der Waals surface area contributed by atoms with Gasteiger partial charge in [-0.05, 0) is 18.2 Å². The minimum Gasteiger partial charge on any atom is -0.478 e. The second-order valence-corrected chi connectivity index (χ2v) is 3.55. The topological polar surface area (TPSA) is 74.7 Å². The molecule has 1 N–H and O–H groups in total. The zero-order valence-corrected chi connectivity index (χ0v) is 8.34. The number of ketones is 1. The molecule has 5 nitrogen and oxygen atoms in total. The Morgan fingerprint density at radius 1 is 1.31 bits per heavy atom. The predicted octanol–water partition coefficient (Wildman–Crippen LogP) is 0.691. The van der Waals surface area contributed by atoms with Crippen molar-refractivity contribution in [3.05, 3.63) is 29.8 Å². The fraction of sp³-hybridized carbons (Fsp3) is 0.182. The molecule has 16 heavy (non-hydrogen) atoms. The van der Waals surface area contributed by atoms with Crippen molar-refractivity contribution >= 4 is 23.3 Å². The van der Waals surface area contributed by atoms with Gasteiger partial charge in [0.25, 0.3) is 0 Å². The third-order valence-electron chi connectivity index (χ3n) is 2.39. The molecule has 1 aromatic rings. The Hall–Kier alpha value is -2.17. The fourth-order valence-corrected chi connectivity index (χ4v) is 1.63. The Morgan fingerprint density at radius 2 is 2.06 bits per heavy atom. The highest BCUT2D eigenvalue weighted by molar-refractivity contribution is 6.15. The number of aromatic carboxylic acids is 1. The van der Waals surface area contributed by atoms with Crippen LogP contribution in [0.5, 0.6) is 0 Å². The van der Waals surface area contributed by atoms with E-state index in [1.54, 1.807) is 12.1 Å². The number of hydrogen-bond donors (Lipinski definition) is 1. The average molecular weight is 219 g/mol. The second-order valence-electron chi connectivity index (χ2n) is 3.55. The van der Waals surface area contributed by atoms with Gasteiger partial charge in [0.2, 0.25) is 5.91 Å². The van der Waals surface area contributed by atoms with Crippen LogP contribution in [0, 0.1) is 0 Å². The van der Waals surface area contributed by atoms with Crippen LogP contribution in [0.15, 0.2) is 24.3 Å². The molecule has 1 aliphatic rings. The normalized spacial score (nSPS) is 15.6. The molecule has 1 heterocycles. The van der Waals surface area contributed by atoms with E-state index in [1.165, 1.54) is 17.0 Å². The van der Waals surface area contributed by atoms with Crippen LogP contribution in [0.25, 0.3) is 0 Å². The number of Topliss-reactive ketones (excluding diaryl/α,β-unsaturated/α-hetero) is 1. The molecule has 0 aliphatic carbocycles. The molecule has 1 aliphatic heterocycles. The number of carbonyl (C=O) groups excluding carboxylic acids is 2. The molecule has 0 bridgehead atoms. The first kappa shape index (κ1) is 10.4. The van der Waals surface area contributed by atoms with Gasteiger partial charge < -0.3 is 10.0 Å². The first-order valence-electron chi connectivity index (χ1n) is 4.73. The summed E-state index contributed by atoms with van der Waals surface area (Å²) in [6.07, 6.45) is -0.0999. The minimum atomic E-state index is -1.06. The van der Waals surface area contributed by atoms with Gasteiger partial charge in [0.1, 0.15) is 0 Å². The number of rotatable bonds is 2. The van der Waals surface area contributed by atoms with E-state index in [-0.39, 0.29) is 30.2 Å². The molecule has 2 rings (SSSR count). The molecule has 1 aromatic carbocycles. The molecular formula is C11H9NO4. The van der Waals surface area contributed by atoms with Gasteiger partial charge in [-0.2, -0.15) is 0 Å². The molecule has 0 radical (unpaired) electrons. The van der Waals surface area contributed by atoms with Crippen molar-refractivity contribution in [2.45, 2.75) is 6.42 Å². The summed E-state index contributed by atoms with van der Waals surface area (Å²) < 4.78 is 0. The van der Waals surface area contributed by atoms with Gasteiger partial charge in [0, 0.05) is 5.69 Å². The van der Waals surface area contributed by atoms with Crippen LogP contribution in [0.1, 0.15) is 16.8 Å². The van der Waals surface area contributed by atoms with Gasteiger partial charge in [-0.3, -0.25) is 9.59 Å². The standard InChI is InChI=1S/C11H9NO4/c13-9-5-10(14)12(6-9)8-3-1-2-7(4-8)11(15)16/h1-4H,5-6H2,(H,15,16). The van der Waals surface area contributed by atoms with Crippen LogP contribution in [-0.2, 0) is 9.59 Å². The summed E-state index contributed by atoms with van der Waals surface area (Å²) in [6, 6.07) is 5.99. The number of anilines is 1. The monoisotopic (exact) mass is 219 g/mol. The fourth-order valence-electron chi connectivity index (χ4n) is 1.63. The largest absolute Gasteiger partial charge is 0.478 e. The first-order valence-corrected chi connectivity index (χ1v) is 4.73. The third-order valence-corrected chi connectivity index (χ3v) is 2.39. The second kappa shape index (κ2) is 3.77. The van der Waals surface area contributed by atoms with E-state index in [0.717, 1.165) is 0 Å². The Labute approximate surface area is 91.3 Å². The van der Waals surface area contributed by atoms with Gasteiger partial charge in [-0.15, -0.1) is 0 Å². The summed E-state index contributed by atoms with van der Waals surface area (Å²) in [5.41, 5.74) is 0.556. The molecule has 5 heteroatoms. The maximum Gasteiger partial charge on any atom is 0.335 e. The van der Waals surface area contributed by atoms with Crippen LogP contribution < -0.4 is 4.90 Å². The van der Waals surface area contributed by atoms with Crippen molar-refractivity contribution in [3.8, 4) is 0 Å². The lowest BCUT2D eigenvalue weighted by atomic mass is 10.2. The van der Waals surface area contributed by atoms with Gasteiger partial charge in [0.15, 0.2) is 5.78 Å². The van der Waals surface area contributed by atoms with Crippen LogP contribution >= 0.6 is 0 Å². The Bertz CT molecular complexity index is 481. The lowest BCUT2D eigenvalue weighted by Gasteiger charge is -2.14. The summed E-state index contributed by atoms with van der Waals surface area (Å²) in [7, 11) is 0. The number of nitrogens with zero attached hydrogens (tertiary/aromatic N) is 1. The van der Waals surface area contributed by atoms with Crippen molar-refractivity contribution in [1.82, 2.24) is 0 Å². The molecule has 1 fully saturated rings. The summed E-state index contributed by atoms with van der Waals surface area (Å²) in [5, 5.41) is 8.80. The SMILES string of the molecule is O=C1CC(=O)N(c2cccc(C(=O)O)c2)C1. The summed E-state index contributed by atoms with van der Waals surface area (Å²) >= 11 is 0. The molecule has 0 saturated carbocycles.